The van der Waals surface area contributed by atoms with Gasteiger partial charge in [-0.15, -0.1) is 24.8 Å². The molecule has 0 fully saturated rings. The van der Waals surface area contributed by atoms with Gasteiger partial charge in [0, 0.05) is 34.2 Å². The Balaban J connectivity index is 0.00000112. The Labute approximate surface area is 115 Å². The third-order valence-corrected chi connectivity index (χ3v) is 2.82. The lowest BCUT2D eigenvalue weighted by molar-refractivity contribution is 0.743. The van der Waals surface area contributed by atoms with Gasteiger partial charge in [0.15, 0.2) is 0 Å². The lowest BCUT2D eigenvalue weighted by Crippen LogP contribution is -2.20. The quantitative estimate of drug-likeness (QED) is 0.794. The monoisotopic (exact) mass is 325 g/mol. The second-order valence-electron chi connectivity index (χ2n) is 3.28. The normalized spacial score (nSPS) is 11.7. The Kier molecular flexibility index (Phi) is 6.36. The smallest absolute Gasteiger partial charge is 0.0458 e. The van der Waals surface area contributed by atoms with E-state index in [1.54, 1.807) is 0 Å². The molecule has 0 saturated carbocycles. The van der Waals surface area contributed by atoms with Gasteiger partial charge in [0.2, 0.25) is 0 Å². The fourth-order valence-electron chi connectivity index (χ4n) is 1.55. The van der Waals surface area contributed by atoms with E-state index in [1.165, 1.54) is 0 Å². The van der Waals surface area contributed by atoms with E-state index in [1.807, 2.05) is 18.3 Å². The molecule has 0 saturated heterocycles. The predicted octanol–water partition coefficient (Wildman–Crippen LogP) is 2.73. The number of rotatable bonds is 2. The first kappa shape index (κ1) is 15.7. The van der Waals surface area contributed by atoms with Crippen molar-refractivity contribution in [3.8, 4) is 0 Å². The van der Waals surface area contributed by atoms with Gasteiger partial charge in [0.05, 0.1) is 0 Å². The minimum absolute atomic E-state index is 0. The van der Waals surface area contributed by atoms with E-state index in [9.17, 15) is 0 Å². The summed E-state index contributed by atoms with van der Waals surface area (Å²) < 4.78 is 1.05. The zero-order chi connectivity index (χ0) is 10.1. The molecular formula is C10H14BrCl2N3. The second kappa shape index (κ2) is 6.47. The van der Waals surface area contributed by atoms with Crippen LogP contribution in [0.2, 0.25) is 0 Å². The number of nitrogens with one attached hydrogen (secondary N) is 1. The molecule has 90 valence electrons. The molecule has 5 N–H and O–H groups in total. The molecule has 0 spiro atoms. The highest BCUT2D eigenvalue weighted by Crippen LogP contribution is 2.25. The molecule has 6 heteroatoms. The zero-order valence-electron chi connectivity index (χ0n) is 8.44. The first-order chi connectivity index (χ1) is 6.72. The largest absolute Gasteiger partial charge is 0.361 e. The zero-order valence-corrected chi connectivity index (χ0v) is 11.7. The SMILES string of the molecule is Cl.Cl.NCC(N)c1c[nH]c2ccc(Br)cc12. The molecule has 1 aromatic heterocycles. The lowest BCUT2D eigenvalue weighted by atomic mass is 10.1. The summed E-state index contributed by atoms with van der Waals surface area (Å²) in [5.74, 6) is 0. The van der Waals surface area contributed by atoms with Crippen LogP contribution < -0.4 is 11.5 Å². The van der Waals surface area contributed by atoms with Crippen molar-refractivity contribution in [1.82, 2.24) is 4.98 Å². The standard InChI is InChI=1S/C10H12BrN3.2ClH/c11-6-1-2-10-7(3-6)8(5-14-10)9(13)4-12;;/h1-3,5,9,14H,4,12-13H2;2*1H. The van der Waals surface area contributed by atoms with Crippen LogP contribution >= 0.6 is 40.7 Å². The maximum Gasteiger partial charge on any atom is 0.0458 e. The van der Waals surface area contributed by atoms with E-state index in [0.29, 0.717) is 6.54 Å². The van der Waals surface area contributed by atoms with Crippen molar-refractivity contribution in [2.24, 2.45) is 11.5 Å². The van der Waals surface area contributed by atoms with Gasteiger partial charge in [-0.05, 0) is 23.8 Å². The van der Waals surface area contributed by atoms with Crippen LogP contribution in [-0.4, -0.2) is 11.5 Å². The number of halogens is 3. The minimum Gasteiger partial charge on any atom is -0.361 e. The van der Waals surface area contributed by atoms with E-state index in [2.05, 4.69) is 27.0 Å². The molecule has 16 heavy (non-hydrogen) atoms. The van der Waals surface area contributed by atoms with Crippen LogP contribution in [0.1, 0.15) is 11.6 Å². The molecule has 0 aliphatic carbocycles. The van der Waals surface area contributed by atoms with Crippen molar-refractivity contribution in [2.45, 2.75) is 6.04 Å². The van der Waals surface area contributed by atoms with E-state index in [4.69, 9.17) is 11.5 Å². The number of benzene rings is 1. The molecule has 1 aromatic carbocycles. The third-order valence-electron chi connectivity index (χ3n) is 2.33. The fraction of sp³-hybridized carbons (Fsp3) is 0.200. The topological polar surface area (TPSA) is 67.8 Å². The van der Waals surface area contributed by atoms with Gasteiger partial charge in [-0.25, -0.2) is 0 Å². The summed E-state index contributed by atoms with van der Waals surface area (Å²) in [5, 5.41) is 1.14. The number of H-pyrrole nitrogens is 1. The summed E-state index contributed by atoms with van der Waals surface area (Å²) in [6.45, 7) is 0.458. The summed E-state index contributed by atoms with van der Waals surface area (Å²) in [4.78, 5) is 3.17. The van der Waals surface area contributed by atoms with Gasteiger partial charge < -0.3 is 16.5 Å². The summed E-state index contributed by atoms with van der Waals surface area (Å²) >= 11 is 3.44. The highest BCUT2D eigenvalue weighted by molar-refractivity contribution is 9.10. The molecule has 0 aliphatic heterocycles. The second-order valence-corrected chi connectivity index (χ2v) is 4.19. The number of nitrogens with two attached hydrogens (primary N) is 2. The third kappa shape index (κ3) is 2.90. The first-order valence-electron chi connectivity index (χ1n) is 4.44. The molecular weight excluding hydrogens is 313 g/mol. The van der Waals surface area contributed by atoms with Crippen molar-refractivity contribution in [2.75, 3.05) is 6.54 Å². The number of aromatic amines is 1. The van der Waals surface area contributed by atoms with Crippen molar-refractivity contribution in [3.63, 3.8) is 0 Å². The molecule has 0 radical (unpaired) electrons. The highest BCUT2D eigenvalue weighted by atomic mass is 79.9. The van der Waals surface area contributed by atoms with Gasteiger partial charge in [0.1, 0.15) is 0 Å². The van der Waals surface area contributed by atoms with E-state index >= 15 is 0 Å². The van der Waals surface area contributed by atoms with E-state index in [0.717, 1.165) is 20.9 Å². The summed E-state index contributed by atoms with van der Waals surface area (Å²) in [6.07, 6.45) is 1.93. The molecule has 1 atom stereocenters. The van der Waals surface area contributed by atoms with Gasteiger partial charge in [-0.2, -0.15) is 0 Å². The minimum atomic E-state index is -0.0990. The molecule has 0 bridgehead atoms. The maximum atomic E-state index is 5.89. The molecule has 2 rings (SSSR count). The Hall–Kier alpha value is -0.260. The van der Waals surface area contributed by atoms with Crippen LogP contribution in [0, 0.1) is 0 Å². The number of hydrogen-bond donors (Lipinski definition) is 3. The number of aromatic nitrogens is 1. The molecule has 2 aromatic rings. The Bertz CT molecular complexity index is 458. The number of fused-ring (bicyclic) bond motifs is 1. The van der Waals surface area contributed by atoms with Gasteiger partial charge >= 0.3 is 0 Å². The van der Waals surface area contributed by atoms with Gasteiger partial charge in [0.25, 0.3) is 0 Å². The maximum absolute atomic E-state index is 5.89. The molecule has 1 unspecified atom stereocenters. The van der Waals surface area contributed by atoms with Crippen LogP contribution in [0.25, 0.3) is 10.9 Å². The van der Waals surface area contributed by atoms with Crippen LogP contribution in [0.5, 0.6) is 0 Å². The van der Waals surface area contributed by atoms with Gasteiger partial charge in [-0.3, -0.25) is 0 Å². The van der Waals surface area contributed by atoms with Crippen LogP contribution in [0.15, 0.2) is 28.9 Å². The average molecular weight is 327 g/mol. The fourth-order valence-corrected chi connectivity index (χ4v) is 1.91. The lowest BCUT2D eigenvalue weighted by Gasteiger charge is -2.06. The summed E-state index contributed by atoms with van der Waals surface area (Å²) in [5.41, 5.74) is 13.6. The Morgan fingerprint density at radius 2 is 2.00 bits per heavy atom. The highest BCUT2D eigenvalue weighted by Gasteiger charge is 2.09. The first-order valence-corrected chi connectivity index (χ1v) is 5.24. The van der Waals surface area contributed by atoms with Crippen molar-refractivity contribution in [1.29, 1.82) is 0 Å². The Morgan fingerprint density at radius 3 is 2.62 bits per heavy atom. The predicted molar refractivity (Wildman–Crippen MR) is 76.5 cm³/mol. The van der Waals surface area contributed by atoms with Crippen LogP contribution in [0.3, 0.4) is 0 Å². The number of hydrogen-bond acceptors (Lipinski definition) is 2. The molecule has 0 amide bonds. The summed E-state index contributed by atoms with van der Waals surface area (Å²) in [7, 11) is 0. The van der Waals surface area contributed by atoms with Gasteiger partial charge in [-0.1, -0.05) is 15.9 Å². The average Bonchev–Trinajstić information content (AvgIpc) is 2.59. The van der Waals surface area contributed by atoms with Crippen molar-refractivity contribution in [3.05, 3.63) is 34.4 Å². The van der Waals surface area contributed by atoms with Crippen LogP contribution in [-0.2, 0) is 0 Å². The summed E-state index contributed by atoms with van der Waals surface area (Å²) in [6, 6.07) is 5.97. The molecule has 3 nitrogen and oxygen atoms in total. The van der Waals surface area contributed by atoms with Crippen molar-refractivity contribution < 1.29 is 0 Å². The Morgan fingerprint density at radius 1 is 1.31 bits per heavy atom. The molecule has 0 aliphatic rings. The van der Waals surface area contributed by atoms with Crippen LogP contribution in [0.4, 0.5) is 0 Å². The van der Waals surface area contributed by atoms with Crippen molar-refractivity contribution >= 4 is 51.6 Å². The van der Waals surface area contributed by atoms with E-state index < -0.39 is 0 Å². The molecule has 1 heterocycles. The van der Waals surface area contributed by atoms with E-state index in [-0.39, 0.29) is 30.9 Å².